The average Bonchev–Trinajstić information content (AvgIpc) is 2.58. The Labute approximate surface area is 138 Å². The summed E-state index contributed by atoms with van der Waals surface area (Å²) >= 11 is 0. The number of aldehydes is 1. The molecule has 0 radical (unpaired) electrons. The van der Waals surface area contributed by atoms with Crippen LogP contribution in [0.5, 0.6) is 11.5 Å². The van der Waals surface area contributed by atoms with E-state index in [4.69, 9.17) is 13.9 Å². The number of ether oxygens (including phenoxy) is 2. The van der Waals surface area contributed by atoms with Crippen LogP contribution >= 0.6 is 0 Å². The van der Waals surface area contributed by atoms with E-state index >= 15 is 0 Å². The molecule has 3 rings (SSSR count). The smallest absolute Gasteiger partial charge is 0.336 e. The van der Waals surface area contributed by atoms with Gasteiger partial charge in [-0.2, -0.15) is 0 Å². The monoisotopic (exact) mass is 324 g/mol. The summed E-state index contributed by atoms with van der Waals surface area (Å²) in [6, 6.07) is 12.0. The molecule has 0 N–H and O–H groups in total. The van der Waals surface area contributed by atoms with Gasteiger partial charge in [-0.05, 0) is 36.8 Å². The quantitative estimate of drug-likeness (QED) is 0.531. The normalized spacial score (nSPS) is 10.6. The predicted octanol–water partition coefficient (Wildman–Crippen LogP) is 3.50. The van der Waals surface area contributed by atoms with Crippen LogP contribution in [0, 0.1) is 6.92 Å². The fourth-order valence-corrected chi connectivity index (χ4v) is 2.49. The van der Waals surface area contributed by atoms with Crippen molar-refractivity contribution in [3.63, 3.8) is 0 Å². The second-order valence-corrected chi connectivity index (χ2v) is 5.41. The molecule has 0 amide bonds. The summed E-state index contributed by atoms with van der Waals surface area (Å²) in [6.45, 7) is 2.12. The molecular weight excluding hydrogens is 308 g/mol. The van der Waals surface area contributed by atoms with Crippen LogP contribution in [0.4, 0.5) is 0 Å². The topological polar surface area (TPSA) is 65.7 Å². The first-order valence-electron chi connectivity index (χ1n) is 7.40. The van der Waals surface area contributed by atoms with E-state index in [-0.39, 0.29) is 6.61 Å². The number of carbonyl (C=O) groups excluding carboxylic acids is 1. The maximum atomic E-state index is 11.7. The lowest BCUT2D eigenvalue weighted by Crippen LogP contribution is -2.05. The van der Waals surface area contributed by atoms with Crippen LogP contribution in [0.3, 0.4) is 0 Å². The lowest BCUT2D eigenvalue weighted by atomic mass is 10.1. The Morgan fingerprint density at radius 3 is 2.67 bits per heavy atom. The van der Waals surface area contributed by atoms with Gasteiger partial charge in [-0.25, -0.2) is 4.79 Å². The molecule has 5 nitrogen and oxygen atoms in total. The zero-order valence-corrected chi connectivity index (χ0v) is 13.4. The maximum absolute atomic E-state index is 11.7. The van der Waals surface area contributed by atoms with E-state index in [0.717, 1.165) is 22.8 Å². The molecule has 1 aromatic heterocycles. The van der Waals surface area contributed by atoms with Gasteiger partial charge in [0.15, 0.2) is 11.5 Å². The van der Waals surface area contributed by atoms with E-state index in [1.807, 2.05) is 25.1 Å². The molecule has 2 aromatic carbocycles. The second-order valence-electron chi connectivity index (χ2n) is 5.41. The van der Waals surface area contributed by atoms with Gasteiger partial charge in [0.1, 0.15) is 18.5 Å². The van der Waals surface area contributed by atoms with Crippen molar-refractivity contribution >= 4 is 17.3 Å². The van der Waals surface area contributed by atoms with Gasteiger partial charge in [-0.3, -0.25) is 4.79 Å². The van der Waals surface area contributed by atoms with E-state index < -0.39 is 5.63 Å². The van der Waals surface area contributed by atoms with Gasteiger partial charge in [-0.15, -0.1) is 0 Å². The van der Waals surface area contributed by atoms with E-state index in [0.29, 0.717) is 22.6 Å². The van der Waals surface area contributed by atoms with Crippen LogP contribution in [-0.2, 0) is 6.61 Å². The van der Waals surface area contributed by atoms with E-state index in [2.05, 4.69) is 0 Å². The first-order chi connectivity index (χ1) is 11.6. The van der Waals surface area contributed by atoms with Crippen molar-refractivity contribution < 1.29 is 18.7 Å². The Hall–Kier alpha value is -3.08. The summed E-state index contributed by atoms with van der Waals surface area (Å²) in [5.74, 6) is 0.958. The van der Waals surface area contributed by atoms with Crippen molar-refractivity contribution in [3.8, 4) is 11.5 Å². The van der Waals surface area contributed by atoms with Gasteiger partial charge in [0.2, 0.25) is 0 Å². The average molecular weight is 324 g/mol. The Kier molecular flexibility index (Phi) is 4.33. The molecule has 24 heavy (non-hydrogen) atoms. The summed E-state index contributed by atoms with van der Waals surface area (Å²) in [6.07, 6.45) is 0.741. The van der Waals surface area contributed by atoms with Gasteiger partial charge in [0.05, 0.1) is 7.11 Å². The number of fused-ring (bicyclic) bond motifs is 1. The molecule has 3 aromatic rings. The zero-order valence-electron chi connectivity index (χ0n) is 13.4. The highest BCUT2D eigenvalue weighted by Crippen LogP contribution is 2.29. The van der Waals surface area contributed by atoms with Crippen molar-refractivity contribution in [2.24, 2.45) is 0 Å². The summed E-state index contributed by atoms with van der Waals surface area (Å²) in [5, 5.41) is 0.823. The fourth-order valence-electron chi connectivity index (χ4n) is 2.49. The SMILES string of the molecule is COc1cc(C=O)ccc1OCc1cc(=O)oc2cc(C)ccc12. The minimum atomic E-state index is -0.421. The molecule has 0 unspecified atom stereocenters. The van der Waals surface area contributed by atoms with Gasteiger partial charge in [0, 0.05) is 22.6 Å². The van der Waals surface area contributed by atoms with Gasteiger partial charge in [0.25, 0.3) is 0 Å². The molecular formula is C19H16O5. The highest BCUT2D eigenvalue weighted by Gasteiger charge is 2.10. The van der Waals surface area contributed by atoms with Crippen molar-refractivity contribution in [1.29, 1.82) is 0 Å². The standard InChI is InChI=1S/C19H16O5/c1-12-3-5-15-14(9-19(21)24-17(15)7-12)11-23-16-6-4-13(10-20)8-18(16)22-2/h3-10H,11H2,1-2H3. The van der Waals surface area contributed by atoms with Gasteiger partial charge >= 0.3 is 5.63 Å². The number of methoxy groups -OCH3 is 1. The lowest BCUT2D eigenvalue weighted by Gasteiger charge is -2.12. The second kappa shape index (κ2) is 6.58. The molecule has 122 valence electrons. The molecule has 5 heteroatoms. The highest BCUT2D eigenvalue weighted by molar-refractivity contribution is 5.80. The van der Waals surface area contributed by atoms with Crippen molar-refractivity contribution in [2.75, 3.05) is 7.11 Å². The van der Waals surface area contributed by atoms with Crippen LogP contribution in [0.15, 0.2) is 51.7 Å². The number of benzene rings is 2. The zero-order chi connectivity index (χ0) is 17.1. The number of carbonyl (C=O) groups is 1. The van der Waals surface area contributed by atoms with Crippen LogP contribution in [0.25, 0.3) is 11.0 Å². The number of hydrogen-bond donors (Lipinski definition) is 0. The first kappa shape index (κ1) is 15.8. The summed E-state index contributed by atoms with van der Waals surface area (Å²) in [4.78, 5) is 22.6. The van der Waals surface area contributed by atoms with Crippen LogP contribution in [0.2, 0.25) is 0 Å². The molecule has 0 aliphatic carbocycles. The molecule has 0 saturated heterocycles. The molecule has 0 aliphatic rings. The van der Waals surface area contributed by atoms with Crippen molar-refractivity contribution in [1.82, 2.24) is 0 Å². The number of aryl methyl sites for hydroxylation is 1. The Bertz CT molecular complexity index is 956. The number of rotatable bonds is 5. The Morgan fingerprint density at radius 1 is 1.08 bits per heavy atom. The van der Waals surface area contributed by atoms with Gasteiger partial charge in [-0.1, -0.05) is 12.1 Å². The molecule has 0 aliphatic heterocycles. The third-order valence-electron chi connectivity index (χ3n) is 3.69. The third kappa shape index (κ3) is 3.15. The van der Waals surface area contributed by atoms with E-state index in [1.54, 1.807) is 18.2 Å². The van der Waals surface area contributed by atoms with Gasteiger partial charge < -0.3 is 13.9 Å². The van der Waals surface area contributed by atoms with E-state index in [1.165, 1.54) is 13.2 Å². The highest BCUT2D eigenvalue weighted by atomic mass is 16.5. The van der Waals surface area contributed by atoms with Crippen molar-refractivity contribution in [2.45, 2.75) is 13.5 Å². The lowest BCUT2D eigenvalue weighted by molar-refractivity contribution is 0.112. The minimum absolute atomic E-state index is 0.182. The third-order valence-corrected chi connectivity index (χ3v) is 3.69. The summed E-state index contributed by atoms with van der Waals surface area (Å²) in [7, 11) is 1.51. The largest absolute Gasteiger partial charge is 0.493 e. The molecule has 0 bridgehead atoms. The predicted molar refractivity (Wildman–Crippen MR) is 89.9 cm³/mol. The van der Waals surface area contributed by atoms with E-state index in [9.17, 15) is 9.59 Å². The first-order valence-corrected chi connectivity index (χ1v) is 7.40. The summed E-state index contributed by atoms with van der Waals surface area (Å²) < 4.78 is 16.3. The van der Waals surface area contributed by atoms with Crippen LogP contribution in [0.1, 0.15) is 21.5 Å². The van der Waals surface area contributed by atoms with Crippen LogP contribution in [-0.4, -0.2) is 13.4 Å². The Balaban J connectivity index is 1.94. The molecule has 1 heterocycles. The van der Waals surface area contributed by atoms with Crippen molar-refractivity contribution in [3.05, 3.63) is 69.6 Å². The molecule has 0 atom stereocenters. The van der Waals surface area contributed by atoms with Crippen LogP contribution < -0.4 is 15.1 Å². The number of hydrogen-bond acceptors (Lipinski definition) is 5. The maximum Gasteiger partial charge on any atom is 0.336 e. The summed E-state index contributed by atoms with van der Waals surface area (Å²) in [5.41, 5.74) is 2.34. The molecule has 0 fully saturated rings. The fraction of sp³-hybridized carbons (Fsp3) is 0.158. The molecule has 0 spiro atoms. The minimum Gasteiger partial charge on any atom is -0.493 e. The molecule has 0 saturated carbocycles. The Morgan fingerprint density at radius 2 is 1.92 bits per heavy atom.